The molecule has 3 aromatic rings. The maximum atomic E-state index is 4.18. The van der Waals surface area contributed by atoms with Crippen molar-refractivity contribution in [2.75, 3.05) is 19.6 Å². The van der Waals surface area contributed by atoms with Crippen LogP contribution in [0, 0.1) is 0 Å². The van der Waals surface area contributed by atoms with Crippen LogP contribution in [0.3, 0.4) is 0 Å². The molecule has 3 nitrogen and oxygen atoms in total. The van der Waals surface area contributed by atoms with E-state index in [1.165, 1.54) is 26.8 Å². The van der Waals surface area contributed by atoms with Gasteiger partial charge in [0.1, 0.15) is 0 Å². The van der Waals surface area contributed by atoms with Crippen molar-refractivity contribution in [3.63, 3.8) is 0 Å². The number of hydrogen-bond donors (Lipinski definition) is 2. The van der Waals surface area contributed by atoms with Crippen LogP contribution in [0.1, 0.15) is 18.9 Å². The first-order chi connectivity index (χ1) is 12.8. The molecule has 0 spiro atoms. The van der Waals surface area contributed by atoms with Gasteiger partial charge in [-0.3, -0.25) is 9.71 Å². The summed E-state index contributed by atoms with van der Waals surface area (Å²) >= 11 is 1.70. The molecule has 0 amide bonds. The van der Waals surface area contributed by atoms with Crippen LogP contribution in [-0.4, -0.2) is 24.6 Å². The zero-order valence-electron chi connectivity index (χ0n) is 15.1. The van der Waals surface area contributed by atoms with Gasteiger partial charge < -0.3 is 5.32 Å². The maximum absolute atomic E-state index is 4.18. The first-order valence-corrected chi connectivity index (χ1v) is 9.80. The van der Waals surface area contributed by atoms with Gasteiger partial charge in [0.25, 0.3) is 0 Å². The number of fused-ring (bicyclic) bond motifs is 1. The normalized spacial score (nSPS) is 11.8. The highest BCUT2D eigenvalue weighted by Gasteiger charge is 2.01. The molecule has 0 bridgehead atoms. The van der Waals surface area contributed by atoms with Crippen LogP contribution in [0.5, 0.6) is 0 Å². The van der Waals surface area contributed by atoms with Gasteiger partial charge in [0.2, 0.25) is 0 Å². The summed E-state index contributed by atoms with van der Waals surface area (Å²) in [5, 5.41) is 5.94. The quantitative estimate of drug-likeness (QED) is 0.418. The standard InChI is InChI=1S/C22H25N3S/c1-18(15-19-7-3-2-4-8-19)16-23-12-6-13-25-26-22-10-5-9-20-17-24-14-11-21(20)22/h2-5,7-11,14-15,17,23,25H,6,12-13,16H2,1H3/b18-15-. The summed E-state index contributed by atoms with van der Waals surface area (Å²) in [5.74, 6) is 0. The fraction of sp³-hybridized carbons (Fsp3) is 0.227. The summed E-state index contributed by atoms with van der Waals surface area (Å²) in [4.78, 5) is 5.43. The second-order valence-electron chi connectivity index (χ2n) is 6.28. The van der Waals surface area contributed by atoms with Crippen molar-refractivity contribution in [1.82, 2.24) is 15.0 Å². The third-order valence-electron chi connectivity index (χ3n) is 4.07. The smallest absolute Gasteiger partial charge is 0.0346 e. The number of rotatable bonds is 9. The summed E-state index contributed by atoms with van der Waals surface area (Å²) in [7, 11) is 0. The Labute approximate surface area is 160 Å². The summed E-state index contributed by atoms with van der Waals surface area (Å²) in [6.07, 6.45) is 7.09. The number of hydrogen-bond acceptors (Lipinski definition) is 4. The molecule has 0 aliphatic rings. The molecule has 3 rings (SSSR count). The van der Waals surface area contributed by atoms with E-state index in [0.29, 0.717) is 0 Å². The Morgan fingerprint density at radius 3 is 2.81 bits per heavy atom. The van der Waals surface area contributed by atoms with E-state index in [9.17, 15) is 0 Å². The predicted octanol–water partition coefficient (Wildman–Crippen LogP) is 4.91. The van der Waals surface area contributed by atoms with Crippen LogP contribution in [0.15, 0.2) is 77.5 Å². The van der Waals surface area contributed by atoms with Crippen LogP contribution in [0.4, 0.5) is 0 Å². The monoisotopic (exact) mass is 363 g/mol. The Hall–Kier alpha value is -2.14. The second-order valence-corrected chi connectivity index (χ2v) is 7.21. The molecule has 0 fully saturated rings. The summed E-state index contributed by atoms with van der Waals surface area (Å²) in [6, 6.07) is 18.9. The molecule has 0 unspecified atom stereocenters. The molecule has 1 aromatic heterocycles. The highest BCUT2D eigenvalue weighted by molar-refractivity contribution is 7.97. The number of aromatic nitrogens is 1. The molecule has 2 N–H and O–H groups in total. The topological polar surface area (TPSA) is 37.0 Å². The molecule has 0 atom stereocenters. The van der Waals surface area contributed by atoms with E-state index < -0.39 is 0 Å². The van der Waals surface area contributed by atoms with Crippen LogP contribution in [0.2, 0.25) is 0 Å². The molecule has 26 heavy (non-hydrogen) atoms. The lowest BCUT2D eigenvalue weighted by atomic mass is 10.1. The Kier molecular flexibility index (Phi) is 7.25. The van der Waals surface area contributed by atoms with Crippen molar-refractivity contribution in [3.05, 3.63) is 78.1 Å². The average molecular weight is 364 g/mol. The third kappa shape index (κ3) is 5.70. The minimum atomic E-state index is 0.929. The van der Waals surface area contributed by atoms with Gasteiger partial charge in [0, 0.05) is 35.8 Å². The zero-order chi connectivity index (χ0) is 18.0. The molecule has 0 saturated heterocycles. The Morgan fingerprint density at radius 2 is 1.92 bits per heavy atom. The van der Waals surface area contributed by atoms with Crippen LogP contribution >= 0.6 is 11.9 Å². The molecule has 2 aromatic carbocycles. The van der Waals surface area contributed by atoms with Crippen LogP contribution < -0.4 is 10.0 Å². The fourth-order valence-corrected chi connectivity index (χ4v) is 3.61. The minimum absolute atomic E-state index is 0.929. The van der Waals surface area contributed by atoms with Crippen LogP contribution in [0.25, 0.3) is 16.8 Å². The molecule has 0 saturated carbocycles. The minimum Gasteiger partial charge on any atom is -0.313 e. The molecule has 134 valence electrons. The van der Waals surface area contributed by atoms with E-state index in [4.69, 9.17) is 0 Å². The summed E-state index contributed by atoms with van der Waals surface area (Å²) in [5.41, 5.74) is 2.61. The summed E-state index contributed by atoms with van der Waals surface area (Å²) in [6.45, 7) is 5.08. The molecule has 4 heteroatoms. The first-order valence-electron chi connectivity index (χ1n) is 8.98. The van der Waals surface area contributed by atoms with E-state index in [-0.39, 0.29) is 0 Å². The average Bonchev–Trinajstić information content (AvgIpc) is 2.68. The van der Waals surface area contributed by atoms with Crippen molar-refractivity contribution < 1.29 is 0 Å². The predicted molar refractivity (Wildman–Crippen MR) is 113 cm³/mol. The number of pyridine rings is 1. The Bertz CT molecular complexity index is 841. The van der Waals surface area contributed by atoms with E-state index in [0.717, 1.165) is 26.1 Å². The molecule has 0 aliphatic heterocycles. The fourth-order valence-electron chi connectivity index (χ4n) is 2.77. The van der Waals surface area contributed by atoms with Gasteiger partial charge in [-0.1, -0.05) is 54.1 Å². The van der Waals surface area contributed by atoms with E-state index >= 15 is 0 Å². The van der Waals surface area contributed by atoms with Crippen molar-refractivity contribution in [1.29, 1.82) is 0 Å². The van der Waals surface area contributed by atoms with Crippen LogP contribution in [-0.2, 0) is 0 Å². The zero-order valence-corrected chi connectivity index (χ0v) is 15.9. The lowest BCUT2D eigenvalue weighted by Crippen LogP contribution is -2.20. The molecular weight excluding hydrogens is 338 g/mol. The molecule has 0 radical (unpaired) electrons. The van der Waals surface area contributed by atoms with Crippen molar-refractivity contribution in [2.24, 2.45) is 0 Å². The lowest BCUT2D eigenvalue weighted by molar-refractivity contribution is 0.678. The van der Waals surface area contributed by atoms with Gasteiger partial charge in [-0.2, -0.15) is 0 Å². The number of benzene rings is 2. The maximum Gasteiger partial charge on any atom is 0.0346 e. The molecule has 0 aliphatic carbocycles. The van der Waals surface area contributed by atoms with E-state index in [2.05, 4.69) is 76.6 Å². The summed E-state index contributed by atoms with van der Waals surface area (Å²) < 4.78 is 3.46. The van der Waals surface area contributed by atoms with Gasteiger partial charge in [0.05, 0.1) is 0 Å². The van der Waals surface area contributed by atoms with E-state index in [1.54, 1.807) is 11.9 Å². The van der Waals surface area contributed by atoms with Crippen molar-refractivity contribution in [3.8, 4) is 0 Å². The number of nitrogens with one attached hydrogen (secondary N) is 2. The third-order valence-corrected chi connectivity index (χ3v) is 5.00. The van der Waals surface area contributed by atoms with Crippen molar-refractivity contribution in [2.45, 2.75) is 18.2 Å². The Balaban J connectivity index is 1.34. The van der Waals surface area contributed by atoms with Gasteiger partial charge in [0.15, 0.2) is 0 Å². The SMILES string of the molecule is C/C(=C/c1ccccc1)CNCCCNSc1cccc2cnccc12. The molecular formula is C22H25N3S. The largest absolute Gasteiger partial charge is 0.313 e. The highest BCUT2D eigenvalue weighted by atomic mass is 32.2. The van der Waals surface area contributed by atoms with Crippen molar-refractivity contribution >= 4 is 28.8 Å². The van der Waals surface area contributed by atoms with Gasteiger partial charge in [-0.05, 0) is 54.9 Å². The van der Waals surface area contributed by atoms with E-state index in [1.807, 2.05) is 18.5 Å². The van der Waals surface area contributed by atoms with Gasteiger partial charge >= 0.3 is 0 Å². The number of nitrogens with zero attached hydrogens (tertiary/aromatic N) is 1. The molecule has 1 heterocycles. The lowest BCUT2D eigenvalue weighted by Gasteiger charge is -2.08. The van der Waals surface area contributed by atoms with Gasteiger partial charge in [-0.15, -0.1) is 0 Å². The first kappa shape index (κ1) is 18.6. The van der Waals surface area contributed by atoms with Gasteiger partial charge in [-0.25, -0.2) is 0 Å². The Morgan fingerprint density at radius 1 is 1.04 bits per heavy atom. The second kappa shape index (κ2) is 10.1. The highest BCUT2D eigenvalue weighted by Crippen LogP contribution is 2.25.